The Morgan fingerprint density at radius 2 is 1.19 bits per heavy atom. The van der Waals surface area contributed by atoms with Gasteiger partial charge in [0, 0.05) is 12.8 Å². The molecule has 0 spiro atoms. The van der Waals surface area contributed by atoms with Gasteiger partial charge in [-0.2, -0.15) is 0 Å². The Morgan fingerprint density at radius 3 is 1.80 bits per heavy atom. The van der Waals surface area contributed by atoms with E-state index in [0.29, 0.717) is 25.7 Å². The highest BCUT2D eigenvalue weighted by Crippen LogP contribution is 2.43. The highest BCUT2D eigenvalue weighted by molar-refractivity contribution is 7.47. The summed E-state index contributed by atoms with van der Waals surface area (Å²) in [7, 11) is -4.65. The van der Waals surface area contributed by atoms with Gasteiger partial charge in [-0.1, -0.05) is 178 Å². The molecule has 0 heterocycles. The van der Waals surface area contributed by atoms with Crippen molar-refractivity contribution in [3.63, 3.8) is 0 Å². The van der Waals surface area contributed by atoms with Gasteiger partial charge in [0.1, 0.15) is 12.7 Å². The number of carbonyl (C=O) groups is 2. The summed E-state index contributed by atoms with van der Waals surface area (Å²) >= 11 is 0. The lowest BCUT2D eigenvalue weighted by Crippen LogP contribution is -2.29. The lowest BCUT2D eigenvalue weighted by molar-refractivity contribution is -0.161. The average molecular weight is 855 g/mol. The smallest absolute Gasteiger partial charge is 0.462 e. The molecule has 0 aromatic heterocycles. The van der Waals surface area contributed by atoms with Crippen molar-refractivity contribution in [2.24, 2.45) is 5.92 Å². The van der Waals surface area contributed by atoms with Crippen LogP contribution in [-0.2, 0) is 32.7 Å². The Hall–Kier alpha value is -2.37. The van der Waals surface area contributed by atoms with E-state index < -0.39 is 57.9 Å². The van der Waals surface area contributed by atoms with Gasteiger partial charge in [-0.25, -0.2) is 4.57 Å². The van der Waals surface area contributed by atoms with Gasteiger partial charge in [0.05, 0.1) is 25.9 Å². The van der Waals surface area contributed by atoms with Crippen molar-refractivity contribution in [3.8, 4) is 0 Å². The van der Waals surface area contributed by atoms with Crippen LogP contribution in [-0.4, -0.2) is 76.9 Å². The van der Waals surface area contributed by atoms with E-state index in [0.717, 1.165) is 44.4 Å². The number of hydrogen-bond donors (Lipinski definition) is 4. The van der Waals surface area contributed by atoms with Crippen molar-refractivity contribution < 1.29 is 52.9 Å². The number of unbranched alkanes of at least 4 members (excludes halogenated alkanes) is 14. The lowest BCUT2D eigenvalue weighted by Gasteiger charge is -2.20. The molecule has 11 nitrogen and oxygen atoms in total. The van der Waals surface area contributed by atoms with E-state index in [1.165, 1.54) is 77.0 Å². The number of ether oxygens (including phenoxy) is 2. The van der Waals surface area contributed by atoms with Crippen LogP contribution in [0.2, 0.25) is 0 Å². The molecule has 0 amide bonds. The van der Waals surface area contributed by atoms with Gasteiger partial charge < -0.3 is 29.7 Å². The molecule has 3 unspecified atom stereocenters. The van der Waals surface area contributed by atoms with E-state index in [1.54, 1.807) is 6.08 Å². The van der Waals surface area contributed by atoms with E-state index in [-0.39, 0.29) is 19.4 Å². The van der Waals surface area contributed by atoms with Gasteiger partial charge in [0.2, 0.25) is 0 Å². The molecule has 0 fully saturated rings. The number of esters is 2. The first-order chi connectivity index (χ1) is 28.5. The third-order valence-corrected chi connectivity index (χ3v) is 10.8. The van der Waals surface area contributed by atoms with Crippen LogP contribution in [0.15, 0.2) is 60.8 Å². The van der Waals surface area contributed by atoms with E-state index in [2.05, 4.69) is 30.5 Å². The van der Waals surface area contributed by atoms with Gasteiger partial charge >= 0.3 is 19.8 Å². The number of allylic oxidation sites excluding steroid dienone is 8. The lowest BCUT2D eigenvalue weighted by atomic mass is 9.99. The van der Waals surface area contributed by atoms with Crippen molar-refractivity contribution in [3.05, 3.63) is 60.8 Å². The predicted octanol–water partition coefficient (Wildman–Crippen LogP) is 11.1. The molecule has 12 heteroatoms. The van der Waals surface area contributed by atoms with E-state index >= 15 is 0 Å². The summed E-state index contributed by atoms with van der Waals surface area (Å²) in [6.07, 6.45) is 41.0. The Morgan fingerprint density at radius 1 is 0.644 bits per heavy atom. The number of phosphoric ester groups is 1. The molecule has 0 aliphatic heterocycles. The largest absolute Gasteiger partial charge is 0.472 e. The van der Waals surface area contributed by atoms with Crippen LogP contribution in [0.4, 0.5) is 0 Å². The molecule has 0 aliphatic rings. The maximum atomic E-state index is 12.6. The minimum Gasteiger partial charge on any atom is -0.462 e. The van der Waals surface area contributed by atoms with Gasteiger partial charge in [0.25, 0.3) is 0 Å². The van der Waals surface area contributed by atoms with Crippen LogP contribution < -0.4 is 0 Å². The molecule has 4 N–H and O–H groups in total. The number of phosphoric acid groups is 1. The second-order valence-corrected chi connectivity index (χ2v) is 16.9. The number of aliphatic hydroxyl groups is 3. The monoisotopic (exact) mass is 855 g/mol. The van der Waals surface area contributed by atoms with Crippen molar-refractivity contribution in [2.75, 3.05) is 26.4 Å². The zero-order chi connectivity index (χ0) is 43.7. The fourth-order valence-electron chi connectivity index (χ4n) is 5.91. The number of carbonyl (C=O) groups excluding carboxylic acids is 2. The molecule has 0 bridgehead atoms. The van der Waals surface area contributed by atoms with E-state index in [1.807, 2.05) is 49.5 Å². The second-order valence-electron chi connectivity index (χ2n) is 15.5. The molecule has 59 heavy (non-hydrogen) atoms. The standard InChI is InChI=1S/C47H83O11P/c1-4-6-34-43(49)35-30-26-22-18-14-11-12-16-20-24-28-32-37-47(52)58-45(41-57-59(53,54)56-39-44(50)38-48)40-55-46(51)36-31-27-23-19-15-10-8-7-9-13-17-21-25-29-33-42(3)5-2/h6,11-12,18,20,22,24,26,30,34,42-45,48-50H,4-5,7-10,13-17,19,21,23,25,27-29,31-33,35-41H2,1-3H3,(H,53,54)/b12-11-,22-18-,24-20-,30-26+,34-6-/t42?,43?,44-,45+/m0/s1. The van der Waals surface area contributed by atoms with Crippen molar-refractivity contribution in [1.82, 2.24) is 0 Å². The fourth-order valence-corrected chi connectivity index (χ4v) is 6.70. The number of aliphatic hydroxyl groups excluding tert-OH is 3. The molecule has 0 saturated heterocycles. The number of hydrogen-bond acceptors (Lipinski definition) is 10. The van der Waals surface area contributed by atoms with E-state index in [4.69, 9.17) is 19.1 Å². The Kier molecular flexibility index (Phi) is 39.4. The first-order valence-electron chi connectivity index (χ1n) is 22.7. The van der Waals surface area contributed by atoms with Crippen LogP contribution in [0.1, 0.15) is 175 Å². The van der Waals surface area contributed by atoms with Gasteiger partial charge in [0.15, 0.2) is 6.10 Å². The summed E-state index contributed by atoms with van der Waals surface area (Å²) in [5, 5.41) is 28.1. The zero-order valence-electron chi connectivity index (χ0n) is 37.0. The highest BCUT2D eigenvalue weighted by Gasteiger charge is 2.27. The van der Waals surface area contributed by atoms with Crippen LogP contribution in [0, 0.1) is 5.92 Å². The van der Waals surface area contributed by atoms with Crippen LogP contribution in [0.3, 0.4) is 0 Å². The van der Waals surface area contributed by atoms with E-state index in [9.17, 15) is 29.3 Å². The molecule has 0 aromatic carbocycles. The molecule has 0 rings (SSSR count). The normalized spacial score (nSPS) is 15.4. The maximum Gasteiger partial charge on any atom is 0.472 e. The Labute approximate surface area is 358 Å². The SMILES string of the molecule is CC/C=C\C(O)C/C=C/C=C\C/C=C\C/C=C\CCCC(=O)O[C@H](COC(=O)CCCCCCCCCCCCCCCCC(C)CC)COP(=O)(O)OC[C@@H](O)CO. The van der Waals surface area contributed by atoms with Crippen molar-refractivity contribution in [2.45, 2.75) is 193 Å². The second kappa shape index (κ2) is 41.0. The molecule has 5 atom stereocenters. The average Bonchev–Trinajstić information content (AvgIpc) is 3.22. The molecule has 0 saturated carbocycles. The fraction of sp³-hybridized carbons (Fsp3) is 0.745. The Bertz CT molecular complexity index is 1200. The topological polar surface area (TPSA) is 169 Å². The summed E-state index contributed by atoms with van der Waals surface area (Å²) in [5.74, 6) is -0.148. The molecular weight excluding hydrogens is 771 g/mol. The summed E-state index contributed by atoms with van der Waals surface area (Å²) < 4.78 is 32.7. The summed E-state index contributed by atoms with van der Waals surface area (Å²) in [6.45, 7) is 4.44. The first kappa shape index (κ1) is 56.6. The third kappa shape index (κ3) is 40.8. The summed E-state index contributed by atoms with van der Waals surface area (Å²) in [5.41, 5.74) is 0. The molecule has 0 aliphatic carbocycles. The molecule has 0 aromatic rings. The summed E-state index contributed by atoms with van der Waals surface area (Å²) in [6, 6.07) is 0. The molecule has 342 valence electrons. The van der Waals surface area contributed by atoms with Crippen LogP contribution >= 0.6 is 7.82 Å². The van der Waals surface area contributed by atoms with Crippen LogP contribution in [0.5, 0.6) is 0 Å². The quantitative estimate of drug-likeness (QED) is 0.0152. The minimum atomic E-state index is -4.65. The zero-order valence-corrected chi connectivity index (χ0v) is 37.9. The van der Waals surface area contributed by atoms with Crippen molar-refractivity contribution in [1.29, 1.82) is 0 Å². The molecular formula is C47H83O11P. The van der Waals surface area contributed by atoms with Gasteiger partial charge in [-0.3, -0.25) is 18.6 Å². The molecule has 0 radical (unpaired) electrons. The first-order valence-corrected chi connectivity index (χ1v) is 24.2. The van der Waals surface area contributed by atoms with Gasteiger partial charge in [-0.05, 0) is 50.9 Å². The van der Waals surface area contributed by atoms with Gasteiger partial charge in [-0.15, -0.1) is 0 Å². The van der Waals surface area contributed by atoms with Crippen LogP contribution in [0.25, 0.3) is 0 Å². The van der Waals surface area contributed by atoms with Crippen molar-refractivity contribution >= 4 is 19.8 Å². The maximum absolute atomic E-state index is 12.6. The summed E-state index contributed by atoms with van der Waals surface area (Å²) in [4.78, 5) is 35.0. The minimum absolute atomic E-state index is 0.0869. The highest BCUT2D eigenvalue weighted by atomic mass is 31.2. The predicted molar refractivity (Wildman–Crippen MR) is 239 cm³/mol. The number of rotatable bonds is 41. The third-order valence-electron chi connectivity index (χ3n) is 9.80. The Balaban J connectivity index is 4.38.